The summed E-state index contributed by atoms with van der Waals surface area (Å²) in [5.41, 5.74) is 4.11. The molecule has 2 aromatic carbocycles. The fourth-order valence-corrected chi connectivity index (χ4v) is 3.59. The van der Waals surface area contributed by atoms with Crippen LogP contribution in [0.25, 0.3) is 33.5 Å². The van der Waals surface area contributed by atoms with E-state index in [0.717, 1.165) is 16.6 Å². The van der Waals surface area contributed by atoms with Crippen molar-refractivity contribution < 1.29 is 9.18 Å². The van der Waals surface area contributed by atoms with E-state index in [9.17, 15) is 4.79 Å². The van der Waals surface area contributed by atoms with Gasteiger partial charge in [0.1, 0.15) is 11.6 Å². The van der Waals surface area contributed by atoms with Gasteiger partial charge in [0.2, 0.25) is 0 Å². The van der Waals surface area contributed by atoms with Crippen molar-refractivity contribution in [3.8, 4) is 22.5 Å². The monoisotopic (exact) mass is 358 g/mol. The molecule has 0 radical (unpaired) electrons. The van der Waals surface area contributed by atoms with Crippen LogP contribution in [-0.2, 0) is 6.54 Å². The van der Waals surface area contributed by atoms with Crippen molar-refractivity contribution in [2.75, 3.05) is 6.54 Å². The van der Waals surface area contributed by atoms with Crippen molar-refractivity contribution in [2.24, 2.45) is 0 Å². The Morgan fingerprint density at radius 2 is 1.85 bits per heavy atom. The summed E-state index contributed by atoms with van der Waals surface area (Å²) in [5.74, 6) is 0.0630. The first-order chi connectivity index (χ1) is 13.2. The quantitative estimate of drug-likeness (QED) is 0.595. The maximum Gasteiger partial charge on any atom is 0.253 e. The Hall–Kier alpha value is -3.54. The summed E-state index contributed by atoms with van der Waals surface area (Å²) in [6.45, 7) is 1.02. The number of rotatable bonds is 2. The third-order valence-electron chi connectivity index (χ3n) is 4.86. The van der Waals surface area contributed by atoms with Gasteiger partial charge < -0.3 is 9.88 Å². The van der Waals surface area contributed by atoms with E-state index in [0.29, 0.717) is 35.6 Å². The average Bonchev–Trinajstić information content (AvgIpc) is 2.97. The molecule has 0 fully saturated rings. The standard InChI is InChI=1S/C21H15FN4O/c22-17-12-14(13-6-8-23-9-7-13)4-5-15(17)20-25-18-3-1-2-16-19(18)26(20)11-10-24-21(16)27/h1-9,12H,10-11H2,(H,24,27). The van der Waals surface area contributed by atoms with Crippen molar-refractivity contribution in [3.63, 3.8) is 0 Å². The van der Waals surface area contributed by atoms with Gasteiger partial charge in [0, 0.05) is 25.5 Å². The predicted molar refractivity (Wildman–Crippen MR) is 101 cm³/mol. The van der Waals surface area contributed by atoms with Gasteiger partial charge in [-0.05, 0) is 47.5 Å². The second-order valence-corrected chi connectivity index (χ2v) is 6.45. The van der Waals surface area contributed by atoms with Crippen LogP contribution in [-0.4, -0.2) is 27.0 Å². The van der Waals surface area contributed by atoms with Crippen LogP contribution in [0.15, 0.2) is 60.9 Å². The van der Waals surface area contributed by atoms with Gasteiger partial charge in [0.15, 0.2) is 0 Å². The van der Waals surface area contributed by atoms with E-state index in [2.05, 4.69) is 15.3 Å². The number of aromatic nitrogens is 3. The van der Waals surface area contributed by atoms with Gasteiger partial charge in [-0.25, -0.2) is 9.37 Å². The van der Waals surface area contributed by atoms with Crippen LogP contribution in [0, 0.1) is 5.82 Å². The molecule has 0 aliphatic carbocycles. The van der Waals surface area contributed by atoms with Gasteiger partial charge in [-0.15, -0.1) is 0 Å². The van der Waals surface area contributed by atoms with Crippen molar-refractivity contribution in [1.29, 1.82) is 0 Å². The zero-order chi connectivity index (χ0) is 18.4. The molecule has 2 aromatic heterocycles. The lowest BCUT2D eigenvalue weighted by Crippen LogP contribution is -2.24. The number of hydrogen-bond acceptors (Lipinski definition) is 3. The molecule has 0 spiro atoms. The van der Waals surface area contributed by atoms with Crippen LogP contribution >= 0.6 is 0 Å². The maximum atomic E-state index is 15.0. The number of benzene rings is 2. The van der Waals surface area contributed by atoms with E-state index in [1.807, 2.05) is 28.8 Å². The van der Waals surface area contributed by atoms with Gasteiger partial charge in [-0.3, -0.25) is 9.78 Å². The van der Waals surface area contributed by atoms with E-state index in [-0.39, 0.29) is 11.7 Å². The van der Waals surface area contributed by atoms with Gasteiger partial charge in [-0.2, -0.15) is 0 Å². The molecule has 6 heteroatoms. The van der Waals surface area contributed by atoms with Crippen LogP contribution in [0.2, 0.25) is 0 Å². The number of pyridine rings is 1. The molecule has 0 saturated heterocycles. The van der Waals surface area contributed by atoms with Crippen molar-refractivity contribution >= 4 is 16.9 Å². The van der Waals surface area contributed by atoms with Crippen LogP contribution in [0.4, 0.5) is 4.39 Å². The van der Waals surface area contributed by atoms with Gasteiger partial charge in [0.05, 0.1) is 22.2 Å². The minimum atomic E-state index is -0.346. The molecule has 5 rings (SSSR count). The molecule has 0 unspecified atom stereocenters. The average molecular weight is 358 g/mol. The lowest BCUT2D eigenvalue weighted by Gasteiger charge is -2.09. The third-order valence-corrected chi connectivity index (χ3v) is 4.86. The Balaban J connectivity index is 1.69. The highest BCUT2D eigenvalue weighted by molar-refractivity contribution is 6.06. The van der Waals surface area contributed by atoms with Crippen LogP contribution in [0.5, 0.6) is 0 Å². The molecule has 5 nitrogen and oxygen atoms in total. The first-order valence-corrected chi connectivity index (χ1v) is 8.70. The minimum Gasteiger partial charge on any atom is -0.350 e. The second-order valence-electron chi connectivity index (χ2n) is 6.45. The highest BCUT2D eigenvalue weighted by Gasteiger charge is 2.23. The molecule has 1 aliphatic rings. The van der Waals surface area contributed by atoms with E-state index in [1.54, 1.807) is 30.6 Å². The third kappa shape index (κ3) is 2.49. The van der Waals surface area contributed by atoms with Crippen molar-refractivity contribution in [1.82, 2.24) is 19.9 Å². The Labute approximate surface area is 154 Å². The van der Waals surface area contributed by atoms with Crippen molar-refractivity contribution in [2.45, 2.75) is 6.54 Å². The van der Waals surface area contributed by atoms with Crippen LogP contribution in [0.1, 0.15) is 10.4 Å². The predicted octanol–water partition coefficient (Wildman–Crippen LogP) is 3.65. The molecule has 0 saturated carbocycles. The molecule has 0 bridgehead atoms. The Bertz CT molecular complexity index is 1180. The zero-order valence-corrected chi connectivity index (χ0v) is 14.3. The summed E-state index contributed by atoms with van der Waals surface area (Å²) in [7, 11) is 0. The number of halogens is 1. The number of carbonyl (C=O) groups excluding carboxylic acids is 1. The molecule has 0 atom stereocenters. The van der Waals surface area contributed by atoms with Gasteiger partial charge in [0.25, 0.3) is 5.91 Å². The number of carbonyl (C=O) groups is 1. The number of hydrogen-bond donors (Lipinski definition) is 1. The first-order valence-electron chi connectivity index (χ1n) is 8.70. The summed E-state index contributed by atoms with van der Waals surface area (Å²) in [6, 6.07) is 14.2. The molecule has 1 amide bonds. The van der Waals surface area contributed by atoms with Crippen LogP contribution in [0.3, 0.4) is 0 Å². The summed E-state index contributed by atoms with van der Waals surface area (Å²) in [4.78, 5) is 20.9. The van der Waals surface area contributed by atoms with E-state index in [4.69, 9.17) is 0 Å². The molecule has 1 N–H and O–H groups in total. The number of imidazole rings is 1. The minimum absolute atomic E-state index is 0.126. The number of nitrogens with one attached hydrogen (secondary N) is 1. The number of amides is 1. The molecular formula is C21H15FN4O. The van der Waals surface area contributed by atoms with Gasteiger partial charge in [-0.1, -0.05) is 12.1 Å². The fraction of sp³-hybridized carbons (Fsp3) is 0.0952. The molecule has 1 aliphatic heterocycles. The van der Waals surface area contributed by atoms with Gasteiger partial charge >= 0.3 is 0 Å². The van der Waals surface area contributed by atoms with Crippen LogP contribution < -0.4 is 5.32 Å². The highest BCUT2D eigenvalue weighted by Crippen LogP contribution is 2.31. The molecule has 27 heavy (non-hydrogen) atoms. The first kappa shape index (κ1) is 15.7. The van der Waals surface area contributed by atoms with E-state index in [1.165, 1.54) is 6.07 Å². The largest absolute Gasteiger partial charge is 0.350 e. The number of nitrogens with zero attached hydrogens (tertiary/aromatic N) is 3. The van der Waals surface area contributed by atoms with E-state index >= 15 is 4.39 Å². The summed E-state index contributed by atoms with van der Waals surface area (Å²) in [6.07, 6.45) is 3.36. The Morgan fingerprint density at radius 1 is 1.00 bits per heavy atom. The maximum absolute atomic E-state index is 15.0. The molecule has 4 aromatic rings. The number of para-hydroxylation sites is 1. The second kappa shape index (κ2) is 6.02. The SMILES string of the molecule is O=C1NCCn2c(-c3ccc(-c4ccncc4)cc3F)nc3cccc1c32. The lowest BCUT2D eigenvalue weighted by molar-refractivity contribution is 0.0956. The highest BCUT2D eigenvalue weighted by atomic mass is 19.1. The Kier molecular flexibility index (Phi) is 3.50. The molecular weight excluding hydrogens is 343 g/mol. The van der Waals surface area contributed by atoms with Crippen molar-refractivity contribution in [3.05, 3.63) is 72.3 Å². The summed E-state index contributed by atoms with van der Waals surface area (Å²) in [5, 5.41) is 2.87. The molecule has 132 valence electrons. The smallest absolute Gasteiger partial charge is 0.253 e. The normalized spacial score (nSPS) is 13.4. The fourth-order valence-electron chi connectivity index (χ4n) is 3.59. The topological polar surface area (TPSA) is 59.8 Å². The Morgan fingerprint density at radius 3 is 2.67 bits per heavy atom. The summed E-state index contributed by atoms with van der Waals surface area (Å²) < 4.78 is 16.9. The zero-order valence-electron chi connectivity index (χ0n) is 14.3. The lowest BCUT2D eigenvalue weighted by atomic mass is 10.0. The summed E-state index contributed by atoms with van der Waals surface area (Å²) >= 11 is 0. The molecule has 3 heterocycles. The van der Waals surface area contributed by atoms with E-state index < -0.39 is 0 Å².